The number of carbonyl (C=O) groups is 1. The van der Waals surface area contributed by atoms with Crippen LogP contribution in [0.1, 0.15) is 57.6 Å². The van der Waals surface area contributed by atoms with Crippen molar-refractivity contribution in [2.24, 2.45) is 5.92 Å². The average molecular weight is 330 g/mol. The smallest absolute Gasteiger partial charge is 0.408 e. The van der Waals surface area contributed by atoms with E-state index < -0.39 is 5.54 Å². The van der Waals surface area contributed by atoms with E-state index in [1.807, 2.05) is 13.8 Å². The highest BCUT2D eigenvalue weighted by Crippen LogP contribution is 2.30. The first kappa shape index (κ1) is 17.3. The fourth-order valence-corrected chi connectivity index (χ4v) is 3.82. The first-order chi connectivity index (χ1) is 11.3. The first-order valence-electron chi connectivity index (χ1n) is 9.17. The van der Waals surface area contributed by atoms with Gasteiger partial charge in [0.15, 0.2) is 0 Å². The molecule has 0 radical (unpaired) electrons. The van der Waals surface area contributed by atoms with Crippen molar-refractivity contribution in [3.8, 4) is 0 Å². The molecule has 1 N–H and O–H groups in total. The van der Waals surface area contributed by atoms with E-state index in [2.05, 4.69) is 48.3 Å². The number of hydrogen-bond donors (Lipinski definition) is 1. The second-order valence-electron chi connectivity index (χ2n) is 8.11. The molecule has 1 aromatic rings. The molecule has 3 heterocycles. The molecule has 4 nitrogen and oxygen atoms in total. The number of ether oxygens (including phenoxy) is 1. The van der Waals surface area contributed by atoms with Crippen LogP contribution in [0.15, 0.2) is 24.3 Å². The summed E-state index contributed by atoms with van der Waals surface area (Å²) in [6.45, 7) is 11.6. The Labute approximate surface area is 145 Å². The summed E-state index contributed by atoms with van der Waals surface area (Å²) in [5.41, 5.74) is 1.96. The molecule has 1 atom stereocenters. The molecule has 24 heavy (non-hydrogen) atoms. The molecular weight excluding hydrogens is 300 g/mol. The normalized spacial score (nSPS) is 26.5. The molecule has 2 bridgehead atoms. The monoisotopic (exact) mass is 330 g/mol. The fourth-order valence-electron chi connectivity index (χ4n) is 3.82. The highest BCUT2D eigenvalue weighted by Gasteiger charge is 2.37. The van der Waals surface area contributed by atoms with Gasteiger partial charge in [0.25, 0.3) is 0 Å². The number of hydrogen-bond acceptors (Lipinski definition) is 3. The first-order valence-corrected chi connectivity index (χ1v) is 9.17. The Morgan fingerprint density at radius 2 is 1.83 bits per heavy atom. The van der Waals surface area contributed by atoms with E-state index in [1.165, 1.54) is 5.56 Å². The van der Waals surface area contributed by atoms with Crippen LogP contribution >= 0.6 is 0 Å². The van der Waals surface area contributed by atoms with Crippen LogP contribution in [0.3, 0.4) is 0 Å². The van der Waals surface area contributed by atoms with E-state index in [4.69, 9.17) is 4.74 Å². The highest BCUT2D eigenvalue weighted by atomic mass is 16.6. The van der Waals surface area contributed by atoms with Crippen molar-refractivity contribution in [1.82, 2.24) is 10.2 Å². The third-order valence-corrected chi connectivity index (χ3v) is 5.57. The Morgan fingerprint density at radius 3 is 2.33 bits per heavy atom. The maximum Gasteiger partial charge on any atom is 0.408 e. The van der Waals surface area contributed by atoms with E-state index >= 15 is 0 Å². The zero-order chi connectivity index (χ0) is 17.3. The molecule has 4 heteroatoms. The quantitative estimate of drug-likeness (QED) is 0.911. The SMILES string of the molecule is CC(C)c1ccc(C(C)(C)NC(=O)OC2CN3CCC2CC3)cc1. The van der Waals surface area contributed by atoms with Crippen LogP contribution in [0, 0.1) is 5.92 Å². The number of nitrogens with zero attached hydrogens (tertiary/aromatic N) is 1. The summed E-state index contributed by atoms with van der Waals surface area (Å²) in [7, 11) is 0. The second-order valence-corrected chi connectivity index (χ2v) is 8.11. The van der Waals surface area contributed by atoms with Crippen molar-refractivity contribution >= 4 is 6.09 Å². The van der Waals surface area contributed by atoms with Gasteiger partial charge in [0.05, 0.1) is 5.54 Å². The number of carbonyl (C=O) groups excluding carboxylic acids is 1. The topological polar surface area (TPSA) is 41.6 Å². The van der Waals surface area contributed by atoms with Crippen molar-refractivity contribution in [1.29, 1.82) is 0 Å². The van der Waals surface area contributed by atoms with E-state index in [-0.39, 0.29) is 12.2 Å². The lowest BCUT2D eigenvalue weighted by Gasteiger charge is -2.44. The van der Waals surface area contributed by atoms with Gasteiger partial charge in [-0.3, -0.25) is 4.90 Å². The predicted molar refractivity (Wildman–Crippen MR) is 96.1 cm³/mol. The number of benzene rings is 1. The van der Waals surface area contributed by atoms with Gasteiger partial charge in [0.1, 0.15) is 6.10 Å². The molecule has 1 amide bonds. The molecule has 3 aliphatic heterocycles. The maximum absolute atomic E-state index is 12.4. The number of rotatable bonds is 4. The van der Waals surface area contributed by atoms with Crippen LogP contribution in [0.25, 0.3) is 0 Å². The molecule has 1 unspecified atom stereocenters. The fraction of sp³-hybridized carbons (Fsp3) is 0.650. The van der Waals surface area contributed by atoms with Gasteiger partial charge in [-0.2, -0.15) is 0 Å². The van der Waals surface area contributed by atoms with E-state index in [9.17, 15) is 4.79 Å². The molecule has 3 saturated heterocycles. The van der Waals surface area contributed by atoms with Crippen LogP contribution in [-0.2, 0) is 10.3 Å². The molecule has 0 saturated carbocycles. The summed E-state index contributed by atoms with van der Waals surface area (Å²) in [5, 5.41) is 3.05. The van der Waals surface area contributed by atoms with Crippen molar-refractivity contribution in [3.63, 3.8) is 0 Å². The lowest BCUT2D eigenvalue weighted by atomic mass is 9.86. The summed E-state index contributed by atoms with van der Waals surface area (Å²) in [4.78, 5) is 14.8. The molecule has 0 aromatic heterocycles. The number of piperidine rings is 3. The Balaban J connectivity index is 1.60. The molecule has 132 valence electrons. The standard InChI is InChI=1S/C20H30N2O2/c1-14(2)15-5-7-17(8-6-15)20(3,4)21-19(23)24-18-13-22-11-9-16(18)10-12-22/h5-8,14,16,18H,9-13H2,1-4H3,(H,21,23). The Morgan fingerprint density at radius 1 is 1.21 bits per heavy atom. The Hall–Kier alpha value is -1.55. The molecule has 1 aromatic carbocycles. The van der Waals surface area contributed by atoms with Crippen LogP contribution < -0.4 is 5.32 Å². The number of nitrogens with one attached hydrogen (secondary N) is 1. The third kappa shape index (κ3) is 3.75. The van der Waals surface area contributed by atoms with Crippen molar-refractivity contribution in [3.05, 3.63) is 35.4 Å². The van der Waals surface area contributed by atoms with Gasteiger partial charge in [-0.25, -0.2) is 4.79 Å². The zero-order valence-corrected chi connectivity index (χ0v) is 15.3. The van der Waals surface area contributed by atoms with Crippen molar-refractivity contribution in [2.75, 3.05) is 19.6 Å². The molecular formula is C20H30N2O2. The zero-order valence-electron chi connectivity index (χ0n) is 15.3. The van der Waals surface area contributed by atoms with E-state index in [0.717, 1.165) is 38.0 Å². The van der Waals surface area contributed by atoms with Crippen LogP contribution in [0.2, 0.25) is 0 Å². The Bertz CT molecular complexity index is 572. The van der Waals surface area contributed by atoms with Crippen molar-refractivity contribution in [2.45, 2.75) is 58.1 Å². The average Bonchev–Trinajstić information content (AvgIpc) is 2.55. The summed E-state index contributed by atoms with van der Waals surface area (Å²) < 4.78 is 5.75. The lowest BCUT2D eigenvalue weighted by Crippen LogP contribution is -2.53. The number of fused-ring (bicyclic) bond motifs is 3. The van der Waals surface area contributed by atoms with Gasteiger partial charge in [-0.05, 0) is 62.7 Å². The molecule has 3 aliphatic rings. The highest BCUT2D eigenvalue weighted by molar-refractivity contribution is 5.69. The summed E-state index contributed by atoms with van der Waals surface area (Å²) in [6.07, 6.45) is 2.05. The molecule has 4 rings (SSSR count). The van der Waals surface area contributed by atoms with Crippen LogP contribution in [0.5, 0.6) is 0 Å². The molecule has 0 aliphatic carbocycles. The minimum Gasteiger partial charge on any atom is -0.445 e. The predicted octanol–water partition coefficient (Wildman–Crippen LogP) is 3.87. The maximum atomic E-state index is 12.4. The second kappa shape index (κ2) is 6.75. The Kier molecular flexibility index (Phi) is 4.86. The van der Waals surface area contributed by atoms with Gasteiger partial charge < -0.3 is 10.1 Å². The van der Waals surface area contributed by atoms with Gasteiger partial charge in [0.2, 0.25) is 0 Å². The minimum atomic E-state index is -0.444. The summed E-state index contributed by atoms with van der Waals surface area (Å²) >= 11 is 0. The minimum absolute atomic E-state index is 0.0478. The number of alkyl carbamates (subject to hydrolysis) is 1. The number of amides is 1. The van der Waals surface area contributed by atoms with Crippen LogP contribution in [-0.4, -0.2) is 36.7 Å². The van der Waals surface area contributed by atoms with Gasteiger partial charge in [0, 0.05) is 6.54 Å². The van der Waals surface area contributed by atoms with Crippen LogP contribution in [0.4, 0.5) is 4.79 Å². The largest absolute Gasteiger partial charge is 0.445 e. The molecule has 0 spiro atoms. The summed E-state index contributed by atoms with van der Waals surface area (Å²) in [6, 6.07) is 8.48. The summed E-state index contributed by atoms with van der Waals surface area (Å²) in [5.74, 6) is 1.05. The molecule has 3 fully saturated rings. The van der Waals surface area contributed by atoms with E-state index in [1.54, 1.807) is 0 Å². The van der Waals surface area contributed by atoms with Crippen molar-refractivity contribution < 1.29 is 9.53 Å². The van der Waals surface area contributed by atoms with Gasteiger partial charge in [-0.15, -0.1) is 0 Å². The lowest BCUT2D eigenvalue weighted by molar-refractivity contribution is -0.0349. The van der Waals surface area contributed by atoms with E-state index in [0.29, 0.717) is 11.8 Å². The van der Waals surface area contributed by atoms with Gasteiger partial charge in [-0.1, -0.05) is 38.1 Å². The van der Waals surface area contributed by atoms with Gasteiger partial charge >= 0.3 is 6.09 Å². The third-order valence-electron chi connectivity index (χ3n) is 5.57.